The minimum atomic E-state index is -4.52. The number of alkyl halides is 3. The van der Waals surface area contributed by atoms with E-state index in [0.717, 1.165) is 26.7 Å². The summed E-state index contributed by atoms with van der Waals surface area (Å²) in [7, 11) is 0. The van der Waals surface area contributed by atoms with Gasteiger partial charge in [-0.25, -0.2) is 4.39 Å². The Morgan fingerprint density at radius 3 is 2.27 bits per heavy atom. The zero-order chi connectivity index (χ0) is 22.9. The monoisotopic (exact) mass is 433 g/mol. The molecule has 1 saturated heterocycles. The molecule has 30 heavy (non-hydrogen) atoms. The number of allylic oxidation sites excluding steroid dienone is 5. The first kappa shape index (κ1) is 25.9. The fraction of sp³-hybridized carbons (Fsp3) is 0.619. The number of likely N-dealkylation sites (tertiary alicyclic amines) is 1. The molecule has 0 spiro atoms. The van der Waals surface area contributed by atoms with Crippen molar-refractivity contribution in [2.24, 2.45) is 5.92 Å². The van der Waals surface area contributed by atoms with Gasteiger partial charge in [-0.1, -0.05) is 12.2 Å². The van der Waals surface area contributed by atoms with E-state index in [1.165, 1.54) is 24.3 Å². The van der Waals surface area contributed by atoms with Gasteiger partial charge in [0.05, 0.1) is 6.54 Å². The molecular weight excluding hydrogens is 402 g/mol. The molecule has 1 aliphatic heterocycles. The maximum atomic E-state index is 13.1. The summed E-state index contributed by atoms with van der Waals surface area (Å²) in [6, 6.07) is 0. The lowest BCUT2D eigenvalue weighted by Gasteiger charge is -2.33. The Balaban J connectivity index is 2.36. The van der Waals surface area contributed by atoms with E-state index in [1.807, 2.05) is 10.2 Å². The lowest BCUT2D eigenvalue weighted by molar-refractivity contribution is -0.188. The first-order valence-electron chi connectivity index (χ1n) is 9.90. The first-order chi connectivity index (χ1) is 13.8. The number of carbonyl (C=O) groups is 2. The predicted molar refractivity (Wildman–Crippen MR) is 108 cm³/mol. The van der Waals surface area contributed by atoms with Crippen LogP contribution >= 0.6 is 0 Å². The van der Waals surface area contributed by atoms with Crippen molar-refractivity contribution >= 4 is 11.8 Å². The van der Waals surface area contributed by atoms with E-state index in [9.17, 15) is 27.2 Å². The molecule has 9 heteroatoms. The SMILES string of the molecule is C\C=C(F)/C=C(C)\C=C\C(=O)NCC1CCN(CC(=O)NC(C)(C)C(F)(F)F)CC1. The van der Waals surface area contributed by atoms with Crippen LogP contribution < -0.4 is 10.6 Å². The second-order valence-corrected chi connectivity index (χ2v) is 8.03. The van der Waals surface area contributed by atoms with E-state index in [4.69, 9.17) is 0 Å². The summed E-state index contributed by atoms with van der Waals surface area (Å²) in [5.41, 5.74) is -1.66. The Bertz CT molecular complexity index is 689. The third-order valence-electron chi connectivity index (χ3n) is 4.94. The van der Waals surface area contributed by atoms with Gasteiger partial charge in [0.2, 0.25) is 11.8 Å². The van der Waals surface area contributed by atoms with Gasteiger partial charge in [-0.3, -0.25) is 14.5 Å². The van der Waals surface area contributed by atoms with Crippen LogP contribution in [0.1, 0.15) is 40.5 Å². The molecule has 2 N–H and O–H groups in total. The number of nitrogens with one attached hydrogen (secondary N) is 2. The fourth-order valence-electron chi connectivity index (χ4n) is 2.87. The average Bonchev–Trinajstić information content (AvgIpc) is 2.64. The van der Waals surface area contributed by atoms with E-state index < -0.39 is 17.6 Å². The molecule has 0 unspecified atom stereocenters. The van der Waals surface area contributed by atoms with Crippen LogP contribution in [-0.2, 0) is 9.59 Å². The highest BCUT2D eigenvalue weighted by atomic mass is 19.4. The standard InChI is InChI=1S/C21H31F4N3O2/c1-5-17(22)12-15(2)6-7-18(29)26-13-16-8-10-28(11-9-16)14-19(30)27-20(3,4)21(23,24)25/h5-7,12,16H,8-11,13-14H2,1-4H3,(H,26,29)(H,27,30)/b7-6+,15-12-,17-5+. The molecule has 0 aliphatic carbocycles. The number of rotatable bonds is 8. The quantitative estimate of drug-likeness (QED) is 0.349. The largest absolute Gasteiger partial charge is 0.410 e. The second kappa shape index (κ2) is 11.3. The zero-order valence-electron chi connectivity index (χ0n) is 17.9. The van der Waals surface area contributed by atoms with Gasteiger partial charge in [-0.15, -0.1) is 0 Å². The van der Waals surface area contributed by atoms with Gasteiger partial charge in [0.15, 0.2) is 0 Å². The summed E-state index contributed by atoms with van der Waals surface area (Å²) in [5, 5.41) is 4.83. The number of hydrogen-bond donors (Lipinski definition) is 2. The Morgan fingerprint density at radius 2 is 1.73 bits per heavy atom. The number of carbonyl (C=O) groups excluding carboxylic acids is 2. The van der Waals surface area contributed by atoms with Crippen LogP contribution in [0.3, 0.4) is 0 Å². The van der Waals surface area contributed by atoms with Crippen LogP contribution in [0.4, 0.5) is 17.6 Å². The summed E-state index contributed by atoms with van der Waals surface area (Å²) >= 11 is 0. The van der Waals surface area contributed by atoms with Gasteiger partial charge in [-0.05, 0) is 71.2 Å². The molecule has 1 heterocycles. The van der Waals surface area contributed by atoms with E-state index in [0.29, 0.717) is 25.2 Å². The molecule has 0 saturated carbocycles. The maximum Gasteiger partial charge on any atom is 0.410 e. The minimum absolute atomic E-state index is 0.0876. The average molecular weight is 433 g/mol. The Hall–Kier alpha value is -2.16. The van der Waals surface area contributed by atoms with Crippen LogP contribution in [0.5, 0.6) is 0 Å². The number of halogens is 4. The first-order valence-corrected chi connectivity index (χ1v) is 9.90. The molecule has 1 aliphatic rings. The smallest absolute Gasteiger partial charge is 0.352 e. The molecule has 0 bridgehead atoms. The lowest BCUT2D eigenvalue weighted by atomic mass is 9.96. The highest BCUT2D eigenvalue weighted by molar-refractivity contribution is 5.87. The van der Waals surface area contributed by atoms with Crippen molar-refractivity contribution in [2.75, 3.05) is 26.2 Å². The normalized spacial score (nSPS) is 18.0. The lowest BCUT2D eigenvalue weighted by Crippen LogP contribution is -2.56. The number of hydrogen-bond acceptors (Lipinski definition) is 3. The summed E-state index contributed by atoms with van der Waals surface area (Å²) in [4.78, 5) is 25.6. The predicted octanol–water partition coefficient (Wildman–Crippen LogP) is 3.65. The molecule has 0 aromatic carbocycles. The second-order valence-electron chi connectivity index (χ2n) is 8.03. The van der Waals surface area contributed by atoms with Gasteiger partial charge in [-0.2, -0.15) is 13.2 Å². The van der Waals surface area contributed by atoms with Gasteiger partial charge in [0.1, 0.15) is 11.4 Å². The van der Waals surface area contributed by atoms with E-state index in [1.54, 1.807) is 13.8 Å². The van der Waals surface area contributed by atoms with E-state index >= 15 is 0 Å². The fourth-order valence-corrected chi connectivity index (χ4v) is 2.87. The molecule has 1 fully saturated rings. The van der Waals surface area contributed by atoms with Crippen LogP contribution in [0.25, 0.3) is 0 Å². The van der Waals surface area contributed by atoms with E-state index in [2.05, 4.69) is 5.32 Å². The third kappa shape index (κ3) is 9.11. The summed E-state index contributed by atoms with van der Waals surface area (Å²) in [6.45, 7) is 6.66. The van der Waals surface area contributed by atoms with Crippen molar-refractivity contribution in [2.45, 2.75) is 52.3 Å². The summed E-state index contributed by atoms with van der Waals surface area (Å²) in [5.74, 6) is -1.09. The van der Waals surface area contributed by atoms with Gasteiger partial charge in [0, 0.05) is 12.6 Å². The molecule has 0 atom stereocenters. The summed E-state index contributed by atoms with van der Waals surface area (Å²) < 4.78 is 51.7. The number of amides is 2. The molecule has 0 aromatic rings. The molecule has 1 rings (SSSR count). The molecular formula is C21H31F4N3O2. The summed E-state index contributed by atoms with van der Waals surface area (Å²) in [6.07, 6.45) is 2.46. The van der Waals surface area contributed by atoms with Crippen molar-refractivity contribution in [3.05, 3.63) is 35.7 Å². The maximum absolute atomic E-state index is 13.1. The number of piperidine rings is 1. The highest BCUT2D eigenvalue weighted by Gasteiger charge is 2.48. The van der Waals surface area contributed by atoms with Crippen molar-refractivity contribution in [3.63, 3.8) is 0 Å². The zero-order valence-corrected chi connectivity index (χ0v) is 17.9. The van der Waals surface area contributed by atoms with E-state index in [-0.39, 0.29) is 24.2 Å². The van der Waals surface area contributed by atoms with Crippen LogP contribution in [0, 0.1) is 5.92 Å². The van der Waals surface area contributed by atoms with Crippen LogP contribution in [-0.4, -0.2) is 54.6 Å². The van der Waals surface area contributed by atoms with Gasteiger partial charge in [0.25, 0.3) is 0 Å². The van der Waals surface area contributed by atoms with Crippen molar-refractivity contribution in [1.82, 2.24) is 15.5 Å². The molecule has 5 nitrogen and oxygen atoms in total. The molecule has 170 valence electrons. The van der Waals surface area contributed by atoms with Gasteiger partial charge >= 0.3 is 6.18 Å². The van der Waals surface area contributed by atoms with Crippen molar-refractivity contribution in [1.29, 1.82) is 0 Å². The molecule has 0 aromatic heterocycles. The van der Waals surface area contributed by atoms with Crippen molar-refractivity contribution < 1.29 is 27.2 Å². The van der Waals surface area contributed by atoms with Crippen LogP contribution in [0.2, 0.25) is 0 Å². The topological polar surface area (TPSA) is 61.4 Å². The van der Waals surface area contributed by atoms with Crippen LogP contribution in [0.15, 0.2) is 35.7 Å². The molecule has 2 amide bonds. The Morgan fingerprint density at radius 1 is 1.13 bits per heavy atom. The van der Waals surface area contributed by atoms with Crippen molar-refractivity contribution in [3.8, 4) is 0 Å². The Kier molecular flexibility index (Phi) is 9.74. The minimum Gasteiger partial charge on any atom is -0.352 e. The number of nitrogens with zero attached hydrogens (tertiary/aromatic N) is 1. The van der Waals surface area contributed by atoms with Gasteiger partial charge < -0.3 is 10.6 Å². The Labute approximate surface area is 175 Å². The molecule has 0 radical (unpaired) electrons. The highest BCUT2D eigenvalue weighted by Crippen LogP contribution is 2.29. The third-order valence-corrected chi connectivity index (χ3v) is 4.94.